The maximum atomic E-state index is 13.8. The second kappa shape index (κ2) is 9.34. The first kappa shape index (κ1) is 22.8. The molecule has 176 valence electrons. The number of amides is 1. The molecule has 3 heterocycles. The highest BCUT2D eigenvalue weighted by Crippen LogP contribution is 2.35. The van der Waals surface area contributed by atoms with Gasteiger partial charge in [-0.3, -0.25) is 19.5 Å². The molecule has 10 heteroatoms. The molecule has 0 aliphatic heterocycles. The molecule has 1 aliphatic rings. The number of benzene rings is 1. The zero-order valence-corrected chi connectivity index (χ0v) is 20.9. The molecular weight excluding hydrogens is 470 g/mol. The molecule has 4 aromatic rings. The van der Waals surface area contributed by atoms with E-state index in [1.807, 2.05) is 45.0 Å². The van der Waals surface area contributed by atoms with Crippen LogP contribution in [0, 0.1) is 6.92 Å². The number of aromatic nitrogens is 4. The van der Waals surface area contributed by atoms with Crippen LogP contribution in [0.1, 0.15) is 54.5 Å². The number of thioether (sulfide) groups is 1. The molecule has 0 bridgehead atoms. The predicted molar refractivity (Wildman–Crippen MR) is 134 cm³/mol. The Morgan fingerprint density at radius 2 is 2.09 bits per heavy atom. The second-order valence-corrected chi connectivity index (χ2v) is 10.7. The number of fused-ring (bicyclic) bond motifs is 3. The first-order chi connectivity index (χ1) is 16.4. The third-order valence-corrected chi connectivity index (χ3v) is 7.86. The summed E-state index contributed by atoms with van der Waals surface area (Å²) in [7, 11) is 0. The molecule has 0 fully saturated rings. The Morgan fingerprint density at radius 3 is 2.85 bits per heavy atom. The average molecular weight is 496 g/mol. The fraction of sp³-hybridized carbons (Fsp3) is 0.375. The zero-order valence-electron chi connectivity index (χ0n) is 19.3. The van der Waals surface area contributed by atoms with E-state index in [0.29, 0.717) is 11.0 Å². The van der Waals surface area contributed by atoms with E-state index in [-0.39, 0.29) is 29.2 Å². The number of hydrogen-bond donors (Lipinski definition) is 1. The molecule has 1 aliphatic carbocycles. The Bertz CT molecular complexity index is 1440. The molecular formula is C24H25N5O3S2. The summed E-state index contributed by atoms with van der Waals surface area (Å²) in [5, 5.41) is 11.7. The van der Waals surface area contributed by atoms with E-state index < -0.39 is 0 Å². The van der Waals surface area contributed by atoms with Crippen molar-refractivity contribution >= 4 is 45.2 Å². The Hall–Kier alpha value is -2.98. The Morgan fingerprint density at radius 1 is 1.26 bits per heavy atom. The lowest BCUT2D eigenvalue weighted by Crippen LogP contribution is -2.23. The van der Waals surface area contributed by atoms with Gasteiger partial charge in [0.1, 0.15) is 4.83 Å². The molecule has 5 rings (SSSR count). The van der Waals surface area contributed by atoms with Gasteiger partial charge in [0.15, 0.2) is 5.16 Å². The summed E-state index contributed by atoms with van der Waals surface area (Å²) in [5.41, 5.74) is 2.87. The highest BCUT2D eigenvalue weighted by atomic mass is 32.2. The number of nitrogens with zero attached hydrogens (tertiary/aromatic N) is 4. The Kier molecular flexibility index (Phi) is 6.26. The van der Waals surface area contributed by atoms with E-state index in [2.05, 4.69) is 15.5 Å². The van der Waals surface area contributed by atoms with Gasteiger partial charge in [-0.05, 0) is 55.9 Å². The van der Waals surface area contributed by atoms with Crippen LogP contribution in [0.25, 0.3) is 15.9 Å². The van der Waals surface area contributed by atoms with E-state index in [1.165, 1.54) is 16.6 Å². The van der Waals surface area contributed by atoms with Gasteiger partial charge in [-0.1, -0.05) is 42.8 Å². The normalized spacial score (nSPS) is 13.4. The maximum absolute atomic E-state index is 13.8. The summed E-state index contributed by atoms with van der Waals surface area (Å²) >= 11 is 2.83. The minimum Gasteiger partial charge on any atom is -0.408 e. The van der Waals surface area contributed by atoms with Crippen molar-refractivity contribution in [2.24, 2.45) is 0 Å². The molecule has 0 radical (unpaired) electrons. The number of thiophene rings is 1. The number of rotatable bonds is 6. The first-order valence-electron chi connectivity index (χ1n) is 11.3. The molecule has 0 saturated carbocycles. The number of carbonyl (C=O) groups excluding carboxylic acids is 1. The number of nitrogens with one attached hydrogen (secondary N) is 1. The van der Waals surface area contributed by atoms with Crippen molar-refractivity contribution in [3.63, 3.8) is 0 Å². The Labute approximate surface area is 204 Å². The highest BCUT2D eigenvalue weighted by Gasteiger charge is 2.23. The van der Waals surface area contributed by atoms with E-state index in [9.17, 15) is 9.59 Å². The van der Waals surface area contributed by atoms with Crippen molar-refractivity contribution < 1.29 is 9.21 Å². The first-order valence-corrected chi connectivity index (χ1v) is 13.1. The minimum atomic E-state index is -0.306. The third kappa shape index (κ3) is 4.39. The molecule has 3 aromatic heterocycles. The number of anilines is 1. The van der Waals surface area contributed by atoms with Gasteiger partial charge in [-0.15, -0.1) is 16.4 Å². The molecule has 0 saturated heterocycles. The third-order valence-electron chi connectivity index (χ3n) is 5.73. The van der Waals surface area contributed by atoms with Crippen LogP contribution in [0.15, 0.2) is 38.6 Å². The number of hydrogen-bond acceptors (Lipinski definition) is 8. The monoisotopic (exact) mass is 495 g/mol. The molecule has 1 aromatic carbocycles. The second-order valence-electron chi connectivity index (χ2n) is 8.70. The molecule has 0 unspecified atom stereocenters. The fourth-order valence-electron chi connectivity index (χ4n) is 4.08. The van der Waals surface area contributed by atoms with E-state index in [0.717, 1.165) is 52.7 Å². The SMILES string of the molecule is Cc1cccc(-n2c(SCC(=O)Nc3nnc(C(C)C)o3)nc3sc4c(c3c2=O)CCCC4)c1. The lowest BCUT2D eigenvalue weighted by Gasteiger charge is -2.14. The Balaban J connectivity index is 1.49. The minimum absolute atomic E-state index is 0.0498. The summed E-state index contributed by atoms with van der Waals surface area (Å²) in [6.07, 6.45) is 4.14. The van der Waals surface area contributed by atoms with Gasteiger partial charge in [0, 0.05) is 10.8 Å². The van der Waals surface area contributed by atoms with Crippen LogP contribution in [0.2, 0.25) is 0 Å². The quantitative estimate of drug-likeness (QED) is 0.301. The van der Waals surface area contributed by atoms with Crippen LogP contribution in [0.4, 0.5) is 6.01 Å². The van der Waals surface area contributed by atoms with Crippen molar-refractivity contribution in [2.45, 2.75) is 57.5 Å². The zero-order chi connectivity index (χ0) is 23.8. The van der Waals surface area contributed by atoms with Crippen LogP contribution in [-0.2, 0) is 17.6 Å². The van der Waals surface area contributed by atoms with E-state index >= 15 is 0 Å². The van der Waals surface area contributed by atoms with Gasteiger partial charge < -0.3 is 4.42 Å². The topological polar surface area (TPSA) is 103 Å². The summed E-state index contributed by atoms with van der Waals surface area (Å²) in [6.45, 7) is 5.86. The van der Waals surface area contributed by atoms with Gasteiger partial charge in [0.2, 0.25) is 11.8 Å². The van der Waals surface area contributed by atoms with Gasteiger partial charge in [0.25, 0.3) is 5.56 Å². The number of aryl methyl sites for hydroxylation is 3. The summed E-state index contributed by atoms with van der Waals surface area (Å²) in [4.78, 5) is 33.3. The van der Waals surface area contributed by atoms with Crippen molar-refractivity contribution in [2.75, 3.05) is 11.1 Å². The largest absolute Gasteiger partial charge is 0.408 e. The van der Waals surface area contributed by atoms with Crippen LogP contribution >= 0.6 is 23.1 Å². The van der Waals surface area contributed by atoms with Gasteiger partial charge >= 0.3 is 6.01 Å². The van der Waals surface area contributed by atoms with Gasteiger partial charge in [0.05, 0.1) is 16.8 Å². The molecule has 1 N–H and O–H groups in total. The lowest BCUT2D eigenvalue weighted by molar-refractivity contribution is -0.113. The lowest BCUT2D eigenvalue weighted by atomic mass is 9.97. The summed E-state index contributed by atoms with van der Waals surface area (Å²) in [6, 6.07) is 7.84. The molecule has 34 heavy (non-hydrogen) atoms. The van der Waals surface area contributed by atoms with Gasteiger partial charge in [-0.2, -0.15) is 0 Å². The molecule has 0 spiro atoms. The highest BCUT2D eigenvalue weighted by molar-refractivity contribution is 7.99. The molecule has 0 atom stereocenters. The van der Waals surface area contributed by atoms with Crippen LogP contribution in [0.5, 0.6) is 0 Å². The predicted octanol–water partition coefficient (Wildman–Crippen LogP) is 4.87. The van der Waals surface area contributed by atoms with Crippen molar-refractivity contribution in [3.8, 4) is 5.69 Å². The molecule has 1 amide bonds. The standard InChI is InChI=1S/C24H25N5O3S2/c1-13(2)20-27-28-23(32-20)25-18(30)12-33-24-26-21-19(16-9-4-5-10-17(16)34-21)22(31)29(24)15-8-6-7-14(3)11-15/h6-8,11,13H,4-5,9-10,12H2,1-3H3,(H,25,28,30). The van der Waals surface area contributed by atoms with Crippen molar-refractivity contribution in [1.82, 2.24) is 19.7 Å². The van der Waals surface area contributed by atoms with Crippen LogP contribution < -0.4 is 10.9 Å². The van der Waals surface area contributed by atoms with Crippen molar-refractivity contribution in [1.29, 1.82) is 0 Å². The fourth-order valence-corrected chi connectivity index (χ4v) is 6.20. The van der Waals surface area contributed by atoms with E-state index in [4.69, 9.17) is 9.40 Å². The van der Waals surface area contributed by atoms with Crippen LogP contribution in [-0.4, -0.2) is 31.4 Å². The summed E-state index contributed by atoms with van der Waals surface area (Å²) < 4.78 is 7.10. The number of carbonyl (C=O) groups is 1. The smallest absolute Gasteiger partial charge is 0.322 e. The van der Waals surface area contributed by atoms with Crippen LogP contribution in [0.3, 0.4) is 0 Å². The van der Waals surface area contributed by atoms with E-state index in [1.54, 1.807) is 15.9 Å². The van der Waals surface area contributed by atoms with Crippen molar-refractivity contribution in [3.05, 3.63) is 56.5 Å². The molecule has 8 nitrogen and oxygen atoms in total. The average Bonchev–Trinajstić information content (AvgIpc) is 3.42. The summed E-state index contributed by atoms with van der Waals surface area (Å²) in [5.74, 6) is 0.280. The van der Waals surface area contributed by atoms with Gasteiger partial charge in [-0.25, -0.2) is 4.98 Å². The maximum Gasteiger partial charge on any atom is 0.322 e.